The van der Waals surface area contributed by atoms with Crippen molar-refractivity contribution >= 4 is 11.3 Å². The summed E-state index contributed by atoms with van der Waals surface area (Å²) in [4.78, 5) is 12.1. The molecular weight excluding hydrogens is 306 g/mol. The summed E-state index contributed by atoms with van der Waals surface area (Å²) >= 11 is 1.64. The van der Waals surface area contributed by atoms with E-state index in [1.165, 1.54) is 25.1 Å². The van der Waals surface area contributed by atoms with Gasteiger partial charge < -0.3 is 9.64 Å². The predicted octanol–water partition coefficient (Wildman–Crippen LogP) is 3.94. The molecule has 2 aromatic rings. The Morgan fingerprint density at radius 2 is 2.22 bits per heavy atom. The minimum Gasteiger partial charge on any atom is -0.378 e. The minimum absolute atomic E-state index is 0.532. The van der Waals surface area contributed by atoms with Crippen molar-refractivity contribution in [3.05, 3.63) is 35.0 Å². The van der Waals surface area contributed by atoms with Crippen LogP contribution in [0.5, 0.6) is 0 Å². The second-order valence-electron chi connectivity index (χ2n) is 6.45. The summed E-state index contributed by atoms with van der Waals surface area (Å²) in [5.74, 6) is 0.532. The van der Waals surface area contributed by atoms with E-state index in [-0.39, 0.29) is 0 Å². The van der Waals surface area contributed by atoms with E-state index in [4.69, 9.17) is 9.72 Å². The summed E-state index contributed by atoms with van der Waals surface area (Å²) in [5.41, 5.74) is 3.16. The first kappa shape index (κ1) is 16.6. The molecule has 124 valence electrons. The van der Waals surface area contributed by atoms with Crippen molar-refractivity contribution in [2.24, 2.45) is 0 Å². The first-order valence-corrected chi connectivity index (χ1v) is 9.20. The number of methoxy groups -OCH3 is 1. The van der Waals surface area contributed by atoms with Crippen molar-refractivity contribution in [2.75, 3.05) is 20.2 Å². The van der Waals surface area contributed by atoms with Crippen molar-refractivity contribution in [2.45, 2.75) is 45.3 Å². The van der Waals surface area contributed by atoms with Gasteiger partial charge in [0.1, 0.15) is 5.01 Å². The fourth-order valence-corrected chi connectivity index (χ4v) is 3.93. The monoisotopic (exact) mass is 331 g/mol. The minimum atomic E-state index is 0.532. The van der Waals surface area contributed by atoms with Crippen molar-refractivity contribution in [1.82, 2.24) is 14.9 Å². The van der Waals surface area contributed by atoms with E-state index in [0.717, 1.165) is 22.9 Å². The molecule has 0 amide bonds. The molecule has 0 aromatic carbocycles. The second kappa shape index (κ2) is 7.51. The Bertz CT molecular complexity index is 641. The molecule has 2 aromatic heterocycles. The lowest BCUT2D eigenvalue weighted by molar-refractivity contribution is 0.166. The number of likely N-dealkylation sites (tertiary alicyclic amines) is 1. The highest BCUT2D eigenvalue weighted by atomic mass is 32.1. The van der Waals surface area contributed by atoms with Gasteiger partial charge in [-0.2, -0.15) is 0 Å². The molecule has 3 heterocycles. The maximum atomic E-state index is 5.15. The third-order valence-corrected chi connectivity index (χ3v) is 5.35. The summed E-state index contributed by atoms with van der Waals surface area (Å²) in [6.45, 7) is 7.43. The van der Waals surface area contributed by atoms with Crippen LogP contribution in [-0.2, 0) is 11.3 Å². The summed E-state index contributed by atoms with van der Waals surface area (Å²) < 4.78 is 5.15. The fraction of sp³-hybridized carbons (Fsp3) is 0.556. The van der Waals surface area contributed by atoms with E-state index in [1.54, 1.807) is 18.4 Å². The molecule has 0 N–H and O–H groups in total. The number of hydrogen-bond donors (Lipinski definition) is 0. The fourth-order valence-electron chi connectivity index (χ4n) is 3.15. The average molecular weight is 331 g/mol. The Labute approximate surface area is 142 Å². The van der Waals surface area contributed by atoms with Crippen LogP contribution in [0.2, 0.25) is 0 Å². The van der Waals surface area contributed by atoms with Crippen LogP contribution in [0.25, 0.3) is 10.7 Å². The van der Waals surface area contributed by atoms with Crippen LogP contribution in [0, 0.1) is 0 Å². The van der Waals surface area contributed by atoms with Crippen molar-refractivity contribution in [3.8, 4) is 10.7 Å². The molecular formula is C18H25N3OS. The summed E-state index contributed by atoms with van der Waals surface area (Å²) in [7, 11) is 1.70. The number of hydrogen-bond acceptors (Lipinski definition) is 5. The number of nitrogens with zero attached hydrogens (tertiary/aromatic N) is 3. The molecule has 0 saturated carbocycles. The van der Waals surface area contributed by atoms with Crippen LogP contribution >= 0.6 is 11.3 Å². The Morgan fingerprint density at radius 1 is 1.35 bits per heavy atom. The van der Waals surface area contributed by atoms with Gasteiger partial charge in [-0.1, -0.05) is 6.07 Å². The van der Waals surface area contributed by atoms with Gasteiger partial charge in [-0.15, -0.1) is 11.3 Å². The summed E-state index contributed by atoms with van der Waals surface area (Å²) in [5, 5.41) is 3.03. The molecule has 1 atom stereocenters. The number of pyridine rings is 1. The Balaban J connectivity index is 1.79. The molecule has 23 heavy (non-hydrogen) atoms. The molecule has 1 unspecified atom stereocenters. The van der Waals surface area contributed by atoms with Crippen LogP contribution in [0.15, 0.2) is 23.6 Å². The molecule has 4 nitrogen and oxygen atoms in total. The standard InChI is InChI=1S/C18H25N3OS/c1-13(2)21-9-5-6-14(10-21)16-7-4-8-17(20-16)18-19-15(11-22-3)12-23-18/h4,7-8,12-14H,5-6,9-11H2,1-3H3. The van der Waals surface area contributed by atoms with Crippen molar-refractivity contribution in [1.29, 1.82) is 0 Å². The van der Waals surface area contributed by atoms with Crippen LogP contribution in [0.1, 0.15) is 44.0 Å². The van der Waals surface area contributed by atoms with E-state index in [0.29, 0.717) is 18.6 Å². The van der Waals surface area contributed by atoms with E-state index in [1.807, 2.05) is 5.38 Å². The third kappa shape index (κ3) is 3.97. The van der Waals surface area contributed by atoms with Gasteiger partial charge in [-0.25, -0.2) is 9.97 Å². The lowest BCUT2D eigenvalue weighted by Crippen LogP contribution is -2.39. The molecule has 1 saturated heterocycles. The van der Waals surface area contributed by atoms with Gasteiger partial charge in [0.15, 0.2) is 0 Å². The quantitative estimate of drug-likeness (QED) is 0.832. The van der Waals surface area contributed by atoms with Crippen LogP contribution in [-0.4, -0.2) is 41.1 Å². The van der Waals surface area contributed by atoms with Crippen LogP contribution < -0.4 is 0 Å². The molecule has 0 aliphatic carbocycles. The maximum Gasteiger partial charge on any atom is 0.142 e. The number of ether oxygens (including phenoxy) is 1. The topological polar surface area (TPSA) is 38.2 Å². The average Bonchev–Trinajstić information content (AvgIpc) is 3.04. The molecule has 1 aliphatic heterocycles. The Hall–Kier alpha value is -1.30. The Morgan fingerprint density at radius 3 is 3.00 bits per heavy atom. The number of rotatable bonds is 5. The van der Waals surface area contributed by atoms with Gasteiger partial charge in [-0.3, -0.25) is 0 Å². The third-order valence-electron chi connectivity index (χ3n) is 4.44. The number of thiazole rings is 1. The first-order valence-electron chi connectivity index (χ1n) is 8.32. The van der Waals surface area contributed by atoms with Crippen LogP contribution in [0.3, 0.4) is 0 Å². The van der Waals surface area contributed by atoms with Crippen molar-refractivity contribution < 1.29 is 4.74 Å². The van der Waals surface area contributed by atoms with Gasteiger partial charge in [0.2, 0.25) is 0 Å². The normalized spacial score (nSPS) is 19.4. The second-order valence-corrected chi connectivity index (χ2v) is 7.31. The van der Waals surface area contributed by atoms with E-state index in [9.17, 15) is 0 Å². The highest BCUT2D eigenvalue weighted by molar-refractivity contribution is 7.13. The van der Waals surface area contributed by atoms with Gasteiger partial charge in [0.05, 0.1) is 18.0 Å². The smallest absolute Gasteiger partial charge is 0.142 e. The van der Waals surface area contributed by atoms with E-state index in [2.05, 4.69) is 41.9 Å². The van der Waals surface area contributed by atoms with Gasteiger partial charge in [-0.05, 0) is 45.4 Å². The zero-order chi connectivity index (χ0) is 16.2. The summed E-state index contributed by atoms with van der Waals surface area (Å²) in [6, 6.07) is 6.95. The first-order chi connectivity index (χ1) is 11.2. The number of aromatic nitrogens is 2. The molecule has 0 bridgehead atoms. The lowest BCUT2D eigenvalue weighted by Gasteiger charge is -2.35. The van der Waals surface area contributed by atoms with Gasteiger partial charge >= 0.3 is 0 Å². The predicted molar refractivity (Wildman–Crippen MR) is 94.7 cm³/mol. The lowest BCUT2D eigenvalue weighted by atomic mass is 9.93. The largest absolute Gasteiger partial charge is 0.378 e. The van der Waals surface area contributed by atoms with Crippen LogP contribution in [0.4, 0.5) is 0 Å². The summed E-state index contributed by atoms with van der Waals surface area (Å²) in [6.07, 6.45) is 2.48. The maximum absolute atomic E-state index is 5.15. The molecule has 3 rings (SSSR count). The van der Waals surface area contributed by atoms with Gasteiger partial charge in [0, 0.05) is 36.7 Å². The number of piperidine rings is 1. The zero-order valence-electron chi connectivity index (χ0n) is 14.2. The SMILES string of the molecule is COCc1csc(-c2cccc(C3CCCN(C(C)C)C3)n2)n1. The zero-order valence-corrected chi connectivity index (χ0v) is 15.0. The van der Waals surface area contributed by atoms with Crippen molar-refractivity contribution in [3.63, 3.8) is 0 Å². The molecule has 0 spiro atoms. The highest BCUT2D eigenvalue weighted by Crippen LogP contribution is 2.29. The van der Waals surface area contributed by atoms with E-state index < -0.39 is 0 Å². The molecule has 1 fully saturated rings. The molecule has 0 radical (unpaired) electrons. The molecule has 1 aliphatic rings. The Kier molecular flexibility index (Phi) is 5.41. The molecule has 5 heteroatoms. The van der Waals surface area contributed by atoms with E-state index >= 15 is 0 Å². The van der Waals surface area contributed by atoms with Gasteiger partial charge in [0.25, 0.3) is 0 Å². The highest BCUT2D eigenvalue weighted by Gasteiger charge is 2.24.